The van der Waals surface area contributed by atoms with E-state index in [1.165, 1.54) is 6.07 Å². The first kappa shape index (κ1) is 12.4. The Morgan fingerprint density at radius 2 is 2.11 bits per heavy atom. The standard InChI is InChI=1S/C13H12FN3S/c1-8-2-3-10(14)11(6-8)17-9-4-5-16-12(7-9)13(15)18/h2-7H,1H3,(H2,15,18)(H,16,17). The number of benzene rings is 1. The van der Waals surface area contributed by atoms with E-state index in [1.807, 2.05) is 6.92 Å². The monoisotopic (exact) mass is 261 g/mol. The second-order valence-electron chi connectivity index (χ2n) is 3.90. The Labute approximate surface area is 110 Å². The van der Waals surface area contributed by atoms with Gasteiger partial charge in [-0.15, -0.1) is 0 Å². The first-order valence-corrected chi connectivity index (χ1v) is 5.76. The molecule has 92 valence electrons. The molecule has 0 spiro atoms. The van der Waals surface area contributed by atoms with Gasteiger partial charge < -0.3 is 11.1 Å². The largest absolute Gasteiger partial charge is 0.388 e. The van der Waals surface area contributed by atoms with Gasteiger partial charge in [0.1, 0.15) is 10.8 Å². The van der Waals surface area contributed by atoms with Crippen LogP contribution in [0.1, 0.15) is 11.3 Å². The van der Waals surface area contributed by atoms with Crippen molar-refractivity contribution in [1.29, 1.82) is 0 Å². The molecule has 1 aromatic heterocycles. The Bertz CT molecular complexity index is 599. The van der Waals surface area contributed by atoms with Crippen molar-refractivity contribution in [2.75, 3.05) is 5.32 Å². The fraction of sp³-hybridized carbons (Fsp3) is 0.0769. The van der Waals surface area contributed by atoms with Gasteiger partial charge in [-0.1, -0.05) is 18.3 Å². The third kappa shape index (κ3) is 2.81. The van der Waals surface area contributed by atoms with Crippen LogP contribution in [0.5, 0.6) is 0 Å². The van der Waals surface area contributed by atoms with E-state index >= 15 is 0 Å². The molecule has 1 heterocycles. The molecule has 0 unspecified atom stereocenters. The first-order chi connectivity index (χ1) is 8.56. The molecule has 0 bridgehead atoms. The van der Waals surface area contributed by atoms with Crippen LogP contribution < -0.4 is 11.1 Å². The van der Waals surface area contributed by atoms with Crippen LogP contribution in [0.3, 0.4) is 0 Å². The number of hydrogen-bond acceptors (Lipinski definition) is 3. The van der Waals surface area contributed by atoms with Crippen molar-refractivity contribution in [3.8, 4) is 0 Å². The Morgan fingerprint density at radius 1 is 1.33 bits per heavy atom. The molecular weight excluding hydrogens is 249 g/mol. The van der Waals surface area contributed by atoms with Crippen LogP contribution in [0.4, 0.5) is 15.8 Å². The Morgan fingerprint density at radius 3 is 2.83 bits per heavy atom. The van der Waals surface area contributed by atoms with Gasteiger partial charge in [-0.2, -0.15) is 0 Å². The van der Waals surface area contributed by atoms with E-state index in [-0.39, 0.29) is 10.8 Å². The number of halogens is 1. The molecule has 0 aliphatic carbocycles. The number of aryl methyl sites for hydroxylation is 1. The molecule has 0 amide bonds. The molecule has 0 saturated carbocycles. The van der Waals surface area contributed by atoms with E-state index in [4.69, 9.17) is 18.0 Å². The van der Waals surface area contributed by atoms with Gasteiger partial charge in [0.25, 0.3) is 0 Å². The number of rotatable bonds is 3. The van der Waals surface area contributed by atoms with Crippen LogP contribution in [-0.2, 0) is 0 Å². The fourth-order valence-corrected chi connectivity index (χ4v) is 1.65. The summed E-state index contributed by atoms with van der Waals surface area (Å²) < 4.78 is 13.6. The predicted octanol–water partition coefficient (Wildman–Crippen LogP) is 2.91. The summed E-state index contributed by atoms with van der Waals surface area (Å²) in [5, 5.41) is 2.98. The SMILES string of the molecule is Cc1ccc(F)c(Nc2ccnc(C(N)=S)c2)c1. The zero-order valence-electron chi connectivity index (χ0n) is 9.77. The number of nitrogens with one attached hydrogen (secondary N) is 1. The lowest BCUT2D eigenvalue weighted by Crippen LogP contribution is -2.11. The molecule has 0 aliphatic rings. The van der Waals surface area contributed by atoms with Crippen LogP contribution >= 0.6 is 12.2 Å². The molecule has 3 N–H and O–H groups in total. The lowest BCUT2D eigenvalue weighted by Gasteiger charge is -2.09. The maximum absolute atomic E-state index is 13.6. The minimum Gasteiger partial charge on any atom is -0.388 e. The van der Waals surface area contributed by atoms with Crippen molar-refractivity contribution in [2.24, 2.45) is 5.73 Å². The summed E-state index contributed by atoms with van der Waals surface area (Å²) in [7, 11) is 0. The Kier molecular flexibility index (Phi) is 3.53. The Balaban J connectivity index is 2.31. The van der Waals surface area contributed by atoms with Gasteiger partial charge >= 0.3 is 0 Å². The molecule has 2 aromatic rings. The zero-order chi connectivity index (χ0) is 13.1. The van der Waals surface area contributed by atoms with Gasteiger partial charge in [0.15, 0.2) is 0 Å². The zero-order valence-corrected chi connectivity index (χ0v) is 10.6. The maximum atomic E-state index is 13.6. The average molecular weight is 261 g/mol. The number of nitrogens with two attached hydrogens (primary N) is 1. The number of nitrogens with zero attached hydrogens (tertiary/aromatic N) is 1. The molecule has 0 aliphatic heterocycles. The summed E-state index contributed by atoms with van der Waals surface area (Å²) in [6, 6.07) is 8.28. The Hall–Kier alpha value is -2.01. The van der Waals surface area contributed by atoms with Gasteiger partial charge in [0.05, 0.1) is 11.4 Å². The van der Waals surface area contributed by atoms with Gasteiger partial charge in [0.2, 0.25) is 0 Å². The number of thiocarbonyl (C=S) groups is 1. The third-order valence-electron chi connectivity index (χ3n) is 2.41. The number of anilines is 2. The minimum atomic E-state index is -0.311. The van der Waals surface area contributed by atoms with Gasteiger partial charge in [0, 0.05) is 11.9 Å². The van der Waals surface area contributed by atoms with Gasteiger partial charge in [-0.25, -0.2) is 4.39 Å². The van der Waals surface area contributed by atoms with Crippen molar-refractivity contribution in [2.45, 2.75) is 6.92 Å². The lowest BCUT2D eigenvalue weighted by molar-refractivity contribution is 0.631. The maximum Gasteiger partial charge on any atom is 0.146 e. The minimum absolute atomic E-state index is 0.211. The van der Waals surface area contributed by atoms with Crippen molar-refractivity contribution in [1.82, 2.24) is 4.98 Å². The molecule has 0 atom stereocenters. The molecule has 5 heteroatoms. The molecule has 0 saturated heterocycles. The van der Waals surface area contributed by atoms with E-state index in [9.17, 15) is 4.39 Å². The number of hydrogen-bond donors (Lipinski definition) is 2. The highest BCUT2D eigenvalue weighted by molar-refractivity contribution is 7.80. The molecule has 0 radical (unpaired) electrons. The van der Waals surface area contributed by atoms with E-state index in [2.05, 4.69) is 10.3 Å². The topological polar surface area (TPSA) is 50.9 Å². The number of pyridine rings is 1. The summed E-state index contributed by atoms with van der Waals surface area (Å²) in [5.41, 5.74) is 8.08. The quantitative estimate of drug-likeness (QED) is 0.834. The van der Waals surface area contributed by atoms with Gasteiger partial charge in [-0.3, -0.25) is 4.98 Å². The molecular formula is C13H12FN3S. The summed E-state index contributed by atoms with van der Waals surface area (Å²) in [6.07, 6.45) is 1.57. The molecule has 2 rings (SSSR count). The highest BCUT2D eigenvalue weighted by Gasteiger charge is 2.04. The van der Waals surface area contributed by atoms with Crippen LogP contribution in [0, 0.1) is 12.7 Å². The van der Waals surface area contributed by atoms with Crippen molar-refractivity contribution < 1.29 is 4.39 Å². The predicted molar refractivity (Wildman–Crippen MR) is 74.5 cm³/mol. The fourth-order valence-electron chi connectivity index (χ4n) is 1.53. The van der Waals surface area contributed by atoms with Crippen molar-refractivity contribution in [3.63, 3.8) is 0 Å². The lowest BCUT2D eigenvalue weighted by atomic mass is 10.2. The highest BCUT2D eigenvalue weighted by atomic mass is 32.1. The van der Waals surface area contributed by atoms with Crippen LogP contribution in [0.15, 0.2) is 36.5 Å². The third-order valence-corrected chi connectivity index (χ3v) is 2.62. The molecule has 1 aromatic carbocycles. The summed E-state index contributed by atoms with van der Waals surface area (Å²) in [6.45, 7) is 1.90. The van der Waals surface area contributed by atoms with Crippen LogP contribution in [0.2, 0.25) is 0 Å². The highest BCUT2D eigenvalue weighted by Crippen LogP contribution is 2.21. The smallest absolute Gasteiger partial charge is 0.146 e. The molecule has 3 nitrogen and oxygen atoms in total. The van der Waals surface area contributed by atoms with Crippen LogP contribution in [-0.4, -0.2) is 9.97 Å². The van der Waals surface area contributed by atoms with E-state index < -0.39 is 0 Å². The second-order valence-corrected chi connectivity index (χ2v) is 4.34. The van der Waals surface area contributed by atoms with Crippen molar-refractivity contribution in [3.05, 3.63) is 53.6 Å². The van der Waals surface area contributed by atoms with E-state index in [0.717, 1.165) is 5.56 Å². The second kappa shape index (κ2) is 5.10. The molecule has 18 heavy (non-hydrogen) atoms. The number of aromatic nitrogens is 1. The summed E-state index contributed by atoms with van der Waals surface area (Å²) in [4.78, 5) is 4.23. The molecule has 0 fully saturated rings. The van der Waals surface area contributed by atoms with Crippen LogP contribution in [0.25, 0.3) is 0 Å². The normalized spacial score (nSPS) is 10.1. The first-order valence-electron chi connectivity index (χ1n) is 5.35. The summed E-state index contributed by atoms with van der Waals surface area (Å²) >= 11 is 4.85. The van der Waals surface area contributed by atoms with Gasteiger partial charge in [-0.05, 0) is 36.8 Å². The average Bonchev–Trinajstić information content (AvgIpc) is 2.34. The summed E-state index contributed by atoms with van der Waals surface area (Å²) in [5.74, 6) is -0.311. The van der Waals surface area contributed by atoms with Crippen molar-refractivity contribution >= 4 is 28.6 Å². The van der Waals surface area contributed by atoms with E-state index in [0.29, 0.717) is 17.1 Å². The van der Waals surface area contributed by atoms with E-state index in [1.54, 1.807) is 30.5 Å².